The molecule has 1 aliphatic carbocycles. The van der Waals surface area contributed by atoms with Gasteiger partial charge in [-0.15, -0.1) is 0 Å². The van der Waals surface area contributed by atoms with E-state index in [2.05, 4.69) is 12.2 Å². The fourth-order valence-corrected chi connectivity index (χ4v) is 2.70. The van der Waals surface area contributed by atoms with Crippen LogP contribution in [0.2, 0.25) is 0 Å². The van der Waals surface area contributed by atoms with Crippen molar-refractivity contribution in [3.8, 4) is 0 Å². The number of carbonyl (C=O) groups is 1. The average molecular weight is 285 g/mol. The fraction of sp³-hybridized carbons (Fsp3) is 0.938. The van der Waals surface area contributed by atoms with Gasteiger partial charge in [-0.05, 0) is 44.6 Å². The molecule has 0 saturated heterocycles. The monoisotopic (exact) mass is 285 g/mol. The summed E-state index contributed by atoms with van der Waals surface area (Å²) >= 11 is 0. The van der Waals surface area contributed by atoms with E-state index in [1.807, 2.05) is 6.92 Å². The zero-order chi connectivity index (χ0) is 14.8. The highest BCUT2D eigenvalue weighted by molar-refractivity contribution is 5.78. The first-order chi connectivity index (χ1) is 9.64. The van der Waals surface area contributed by atoms with Crippen molar-refractivity contribution < 1.29 is 14.6 Å². The van der Waals surface area contributed by atoms with Crippen LogP contribution in [0.4, 0.5) is 0 Å². The molecule has 4 nitrogen and oxygen atoms in total. The van der Waals surface area contributed by atoms with Gasteiger partial charge in [-0.25, -0.2) is 0 Å². The summed E-state index contributed by atoms with van der Waals surface area (Å²) in [7, 11) is 0. The number of hydrogen-bond donors (Lipinski definition) is 2. The van der Waals surface area contributed by atoms with Crippen molar-refractivity contribution in [3.63, 3.8) is 0 Å². The van der Waals surface area contributed by atoms with Gasteiger partial charge >= 0.3 is 5.97 Å². The summed E-state index contributed by atoms with van der Waals surface area (Å²) in [6, 6.07) is 0. The van der Waals surface area contributed by atoms with E-state index < -0.39 is 11.5 Å². The molecular formula is C16H31NO3. The molecule has 2 N–H and O–H groups in total. The van der Waals surface area contributed by atoms with Gasteiger partial charge in [0.25, 0.3) is 0 Å². The van der Waals surface area contributed by atoms with Gasteiger partial charge in [0.2, 0.25) is 0 Å². The van der Waals surface area contributed by atoms with Gasteiger partial charge in [0.1, 0.15) is 5.54 Å². The van der Waals surface area contributed by atoms with Crippen molar-refractivity contribution in [1.82, 2.24) is 5.32 Å². The van der Waals surface area contributed by atoms with E-state index in [1.54, 1.807) is 0 Å². The van der Waals surface area contributed by atoms with E-state index in [1.165, 1.54) is 25.7 Å². The van der Waals surface area contributed by atoms with E-state index in [0.717, 1.165) is 31.9 Å². The number of carboxylic acid groups (broad SMARTS) is 1. The molecule has 0 aliphatic heterocycles. The van der Waals surface area contributed by atoms with Crippen LogP contribution in [-0.2, 0) is 9.53 Å². The Morgan fingerprint density at radius 1 is 1.35 bits per heavy atom. The number of aliphatic carboxylic acids is 1. The zero-order valence-corrected chi connectivity index (χ0v) is 13.1. The molecule has 1 rings (SSSR count). The summed E-state index contributed by atoms with van der Waals surface area (Å²) in [6.07, 6.45) is 8.29. The van der Waals surface area contributed by atoms with Crippen LogP contribution in [0.5, 0.6) is 0 Å². The van der Waals surface area contributed by atoms with Crippen molar-refractivity contribution >= 4 is 5.97 Å². The van der Waals surface area contributed by atoms with Crippen molar-refractivity contribution in [3.05, 3.63) is 0 Å². The van der Waals surface area contributed by atoms with Crippen LogP contribution in [-0.4, -0.2) is 36.4 Å². The standard InChI is InChI=1S/C16H31NO3/c1-3-11-17-16(4-2,15(18)19)10-6-12-20-13-9-14-7-5-8-14/h14,17H,3-13H2,1-2H3,(H,18,19). The van der Waals surface area contributed by atoms with Crippen LogP contribution in [0, 0.1) is 5.92 Å². The zero-order valence-electron chi connectivity index (χ0n) is 13.1. The molecule has 1 saturated carbocycles. The summed E-state index contributed by atoms with van der Waals surface area (Å²) < 4.78 is 5.64. The predicted octanol–water partition coefficient (Wildman–Crippen LogP) is 3.21. The fourth-order valence-electron chi connectivity index (χ4n) is 2.70. The quantitative estimate of drug-likeness (QED) is 0.541. The number of ether oxygens (including phenoxy) is 1. The van der Waals surface area contributed by atoms with Crippen LogP contribution in [0.3, 0.4) is 0 Å². The Balaban J connectivity index is 2.17. The van der Waals surface area contributed by atoms with Crippen molar-refractivity contribution in [1.29, 1.82) is 0 Å². The molecule has 0 radical (unpaired) electrons. The van der Waals surface area contributed by atoms with Gasteiger partial charge in [0.05, 0.1) is 0 Å². The molecular weight excluding hydrogens is 254 g/mol. The van der Waals surface area contributed by atoms with E-state index in [0.29, 0.717) is 19.4 Å². The number of hydrogen-bond acceptors (Lipinski definition) is 3. The molecule has 0 aromatic heterocycles. The second-order valence-electron chi connectivity index (χ2n) is 5.97. The van der Waals surface area contributed by atoms with E-state index in [4.69, 9.17) is 4.74 Å². The second-order valence-corrected chi connectivity index (χ2v) is 5.97. The molecule has 1 unspecified atom stereocenters. The Morgan fingerprint density at radius 3 is 2.60 bits per heavy atom. The number of carboxylic acids is 1. The SMILES string of the molecule is CCCNC(CC)(CCCOCCC1CCC1)C(=O)O. The molecule has 1 aliphatic rings. The maximum atomic E-state index is 11.5. The Hall–Kier alpha value is -0.610. The average Bonchev–Trinajstić information content (AvgIpc) is 2.39. The number of rotatable bonds is 12. The molecule has 4 heteroatoms. The van der Waals surface area contributed by atoms with Gasteiger partial charge in [-0.2, -0.15) is 0 Å². The second kappa shape index (κ2) is 9.35. The summed E-state index contributed by atoms with van der Waals surface area (Å²) in [4.78, 5) is 11.5. The van der Waals surface area contributed by atoms with Gasteiger partial charge < -0.3 is 15.2 Å². The van der Waals surface area contributed by atoms with Crippen molar-refractivity contribution in [2.24, 2.45) is 5.92 Å². The van der Waals surface area contributed by atoms with E-state index in [-0.39, 0.29) is 0 Å². The predicted molar refractivity (Wildman–Crippen MR) is 81.0 cm³/mol. The van der Waals surface area contributed by atoms with Crippen molar-refractivity contribution in [2.45, 2.75) is 70.8 Å². The van der Waals surface area contributed by atoms with Crippen LogP contribution < -0.4 is 5.32 Å². The highest BCUT2D eigenvalue weighted by Crippen LogP contribution is 2.29. The molecule has 1 atom stereocenters. The molecule has 0 bridgehead atoms. The largest absolute Gasteiger partial charge is 0.480 e. The lowest BCUT2D eigenvalue weighted by molar-refractivity contribution is -0.145. The smallest absolute Gasteiger partial charge is 0.323 e. The molecule has 20 heavy (non-hydrogen) atoms. The maximum Gasteiger partial charge on any atom is 0.323 e. The minimum absolute atomic E-state index is 0.615. The first kappa shape index (κ1) is 17.4. The first-order valence-corrected chi connectivity index (χ1v) is 8.20. The normalized spacial score (nSPS) is 18.5. The lowest BCUT2D eigenvalue weighted by Gasteiger charge is -2.29. The molecule has 0 heterocycles. The van der Waals surface area contributed by atoms with E-state index in [9.17, 15) is 9.90 Å². The first-order valence-electron chi connectivity index (χ1n) is 8.20. The minimum atomic E-state index is -0.770. The van der Waals surface area contributed by atoms with Gasteiger partial charge in [-0.3, -0.25) is 4.79 Å². The third-order valence-corrected chi connectivity index (χ3v) is 4.51. The minimum Gasteiger partial charge on any atom is -0.480 e. The third kappa shape index (κ3) is 5.41. The molecule has 0 spiro atoms. The van der Waals surface area contributed by atoms with Gasteiger partial charge in [0, 0.05) is 13.2 Å². The van der Waals surface area contributed by atoms with Gasteiger partial charge in [0.15, 0.2) is 0 Å². The lowest BCUT2D eigenvalue weighted by atomic mass is 9.83. The topological polar surface area (TPSA) is 58.6 Å². The van der Waals surface area contributed by atoms with Crippen LogP contribution in [0.25, 0.3) is 0 Å². The third-order valence-electron chi connectivity index (χ3n) is 4.51. The van der Waals surface area contributed by atoms with Crippen LogP contribution in [0.1, 0.15) is 65.2 Å². The molecule has 1 fully saturated rings. The Labute approximate surface area is 123 Å². The Kier molecular flexibility index (Phi) is 8.15. The Bertz CT molecular complexity index is 279. The van der Waals surface area contributed by atoms with E-state index >= 15 is 0 Å². The molecule has 118 valence electrons. The summed E-state index contributed by atoms with van der Waals surface area (Å²) in [6.45, 7) is 6.25. The molecule has 0 aromatic rings. The van der Waals surface area contributed by atoms with Gasteiger partial charge in [-0.1, -0.05) is 33.1 Å². The highest BCUT2D eigenvalue weighted by atomic mass is 16.5. The highest BCUT2D eigenvalue weighted by Gasteiger charge is 2.35. The maximum absolute atomic E-state index is 11.5. The van der Waals surface area contributed by atoms with Crippen LogP contribution in [0.15, 0.2) is 0 Å². The Morgan fingerprint density at radius 2 is 2.10 bits per heavy atom. The molecule has 0 amide bonds. The summed E-state index contributed by atoms with van der Waals surface area (Å²) in [5, 5.41) is 12.7. The summed E-state index contributed by atoms with van der Waals surface area (Å²) in [5.74, 6) is 0.151. The number of nitrogens with one attached hydrogen (secondary N) is 1. The summed E-state index contributed by atoms with van der Waals surface area (Å²) in [5.41, 5.74) is -0.770. The van der Waals surface area contributed by atoms with Crippen molar-refractivity contribution in [2.75, 3.05) is 19.8 Å². The molecule has 0 aromatic carbocycles. The van der Waals surface area contributed by atoms with Crippen LogP contribution >= 0.6 is 0 Å². The lowest BCUT2D eigenvalue weighted by Crippen LogP contribution is -2.52.